The largest absolute Gasteiger partial charge is 0.393 e. The van der Waals surface area contributed by atoms with Gasteiger partial charge in [0.1, 0.15) is 24.4 Å². The van der Waals surface area contributed by atoms with Crippen molar-refractivity contribution in [3.05, 3.63) is 77.2 Å². The fourth-order valence-electron chi connectivity index (χ4n) is 4.71. The summed E-state index contributed by atoms with van der Waals surface area (Å²) >= 11 is 5.82. The van der Waals surface area contributed by atoms with Gasteiger partial charge in [0.05, 0.1) is 41.3 Å². The second-order valence-electron chi connectivity index (χ2n) is 9.84. The van der Waals surface area contributed by atoms with E-state index in [1.54, 1.807) is 36.7 Å². The van der Waals surface area contributed by atoms with Crippen LogP contribution < -0.4 is 10.6 Å². The van der Waals surface area contributed by atoms with Gasteiger partial charge in [0.2, 0.25) is 11.8 Å². The number of hydrogen-bond acceptors (Lipinski definition) is 8. The van der Waals surface area contributed by atoms with Crippen LogP contribution in [0.25, 0.3) is 10.9 Å². The number of aromatic nitrogens is 4. The quantitative estimate of drug-likeness (QED) is 0.243. The molecule has 1 aliphatic carbocycles. The van der Waals surface area contributed by atoms with Crippen molar-refractivity contribution in [1.29, 1.82) is 0 Å². The van der Waals surface area contributed by atoms with Crippen LogP contribution >= 0.6 is 11.6 Å². The van der Waals surface area contributed by atoms with Gasteiger partial charge in [0.15, 0.2) is 5.78 Å². The second kappa shape index (κ2) is 12.0. The molecule has 11 nitrogen and oxygen atoms in total. The van der Waals surface area contributed by atoms with Crippen molar-refractivity contribution in [3.63, 3.8) is 0 Å². The van der Waals surface area contributed by atoms with Crippen LogP contribution in [0.5, 0.6) is 0 Å². The Morgan fingerprint density at radius 2 is 1.90 bits per heavy atom. The van der Waals surface area contributed by atoms with E-state index < -0.39 is 23.7 Å². The summed E-state index contributed by atoms with van der Waals surface area (Å²) in [7, 11) is 0. The highest BCUT2D eigenvalue weighted by Gasteiger charge is 2.36. The zero-order valence-electron chi connectivity index (χ0n) is 22.1. The molecule has 2 heterocycles. The predicted molar refractivity (Wildman–Crippen MR) is 149 cm³/mol. The molecular formula is C28H27ClFN7O4. The molecule has 0 unspecified atom stereocenters. The number of halogens is 2. The number of nitrogens with one attached hydrogen (secondary N) is 2. The van der Waals surface area contributed by atoms with Gasteiger partial charge in [0.25, 0.3) is 0 Å². The molecule has 41 heavy (non-hydrogen) atoms. The molecule has 4 aromatic rings. The number of Topliss-reactive ketones (excluding diaryl/α,β-unsaturated/α-hetero) is 1. The van der Waals surface area contributed by atoms with Crippen molar-refractivity contribution in [2.24, 2.45) is 0 Å². The van der Waals surface area contributed by atoms with Crippen molar-refractivity contribution in [3.8, 4) is 0 Å². The van der Waals surface area contributed by atoms with Crippen molar-refractivity contribution in [2.75, 3.05) is 11.9 Å². The van der Waals surface area contributed by atoms with Crippen LogP contribution in [-0.4, -0.2) is 66.0 Å². The molecule has 1 fully saturated rings. The number of rotatable bonds is 10. The van der Waals surface area contributed by atoms with Crippen LogP contribution in [0.1, 0.15) is 35.8 Å². The molecule has 0 aliphatic heterocycles. The SMILES string of the molecule is CC(=O)c1nn(CC(=O)N(CC(=O)NCc2cccc(Cl)c2F)C2CC(O)C2)c2ccc(Nc3cncnc3)cc12. The van der Waals surface area contributed by atoms with Gasteiger partial charge in [-0.15, -0.1) is 0 Å². The maximum Gasteiger partial charge on any atom is 0.245 e. The van der Waals surface area contributed by atoms with Crippen LogP contribution in [0.15, 0.2) is 55.1 Å². The maximum absolute atomic E-state index is 14.2. The third-order valence-electron chi connectivity index (χ3n) is 6.89. The Morgan fingerprint density at radius 3 is 2.61 bits per heavy atom. The van der Waals surface area contributed by atoms with Crippen LogP contribution in [0.4, 0.5) is 15.8 Å². The molecule has 0 saturated heterocycles. The summed E-state index contributed by atoms with van der Waals surface area (Å²) in [6.45, 7) is 0.780. The number of aliphatic hydroxyl groups excluding tert-OH is 1. The number of fused-ring (bicyclic) bond motifs is 1. The Balaban J connectivity index is 1.33. The molecule has 0 spiro atoms. The van der Waals surface area contributed by atoms with E-state index in [2.05, 4.69) is 25.7 Å². The second-order valence-corrected chi connectivity index (χ2v) is 10.2. The monoisotopic (exact) mass is 579 g/mol. The lowest BCUT2D eigenvalue weighted by Gasteiger charge is -2.40. The van der Waals surface area contributed by atoms with Gasteiger partial charge in [-0.2, -0.15) is 5.10 Å². The zero-order chi connectivity index (χ0) is 29.1. The summed E-state index contributed by atoms with van der Waals surface area (Å²) in [5, 5.41) is 20.6. The van der Waals surface area contributed by atoms with Crippen molar-refractivity contribution >= 4 is 51.5 Å². The number of anilines is 2. The van der Waals surface area contributed by atoms with Gasteiger partial charge in [-0.25, -0.2) is 14.4 Å². The number of carbonyl (C=O) groups is 3. The Kier molecular flexibility index (Phi) is 8.22. The van der Waals surface area contributed by atoms with Gasteiger partial charge < -0.3 is 20.6 Å². The van der Waals surface area contributed by atoms with Crippen molar-refractivity contribution in [2.45, 2.75) is 45.0 Å². The number of ketones is 1. The molecule has 1 saturated carbocycles. The normalized spacial score (nSPS) is 16.2. The van der Waals surface area contributed by atoms with E-state index in [1.807, 2.05) is 0 Å². The van der Waals surface area contributed by atoms with Gasteiger partial charge in [0, 0.05) is 36.1 Å². The minimum absolute atomic E-state index is 0.0506. The summed E-state index contributed by atoms with van der Waals surface area (Å²) in [5.74, 6) is -1.79. The summed E-state index contributed by atoms with van der Waals surface area (Å²) in [6.07, 6.45) is 4.74. The molecule has 13 heteroatoms. The van der Waals surface area contributed by atoms with Crippen LogP contribution in [-0.2, 0) is 22.7 Å². The molecule has 0 atom stereocenters. The van der Waals surface area contributed by atoms with Crippen LogP contribution in [0.3, 0.4) is 0 Å². The standard InChI is InChI=1S/C28H27ClFN7O4/c1-16(38)28-22-7-18(34-19-11-31-15-32-12-19)5-6-24(22)37(35-28)14-26(41)36(20-8-21(39)9-20)13-25(40)33-10-17-3-2-4-23(29)27(17)30/h2-7,11-12,15,20-21,34,39H,8-10,13-14H2,1H3,(H,33,40). The van der Waals surface area contributed by atoms with E-state index in [-0.39, 0.29) is 47.7 Å². The van der Waals surface area contributed by atoms with Gasteiger partial charge in [-0.05, 0) is 37.1 Å². The highest BCUT2D eigenvalue weighted by Crippen LogP contribution is 2.28. The molecule has 0 radical (unpaired) electrons. The average Bonchev–Trinajstić information content (AvgIpc) is 3.29. The van der Waals surface area contributed by atoms with E-state index in [4.69, 9.17) is 11.6 Å². The molecule has 2 aromatic carbocycles. The first-order valence-electron chi connectivity index (χ1n) is 12.9. The maximum atomic E-state index is 14.2. The van der Waals surface area contributed by atoms with Gasteiger partial charge >= 0.3 is 0 Å². The molecule has 2 amide bonds. The first-order valence-corrected chi connectivity index (χ1v) is 13.3. The number of aliphatic hydroxyl groups is 1. The van der Waals surface area contributed by atoms with Crippen LogP contribution in [0.2, 0.25) is 5.02 Å². The van der Waals surface area contributed by atoms with E-state index in [0.717, 1.165) is 0 Å². The summed E-state index contributed by atoms with van der Waals surface area (Å²) in [6, 6.07) is 9.45. The fraction of sp³-hybridized carbons (Fsp3) is 0.286. The number of amides is 2. The third kappa shape index (κ3) is 6.34. The molecule has 0 bridgehead atoms. The zero-order valence-corrected chi connectivity index (χ0v) is 22.8. The number of nitrogens with zero attached hydrogens (tertiary/aromatic N) is 5. The first kappa shape index (κ1) is 28.1. The Hall–Kier alpha value is -4.42. The highest BCUT2D eigenvalue weighted by atomic mass is 35.5. The van der Waals surface area contributed by atoms with Gasteiger partial charge in [-0.3, -0.25) is 19.1 Å². The van der Waals surface area contributed by atoms with Crippen molar-refractivity contribution in [1.82, 2.24) is 30.0 Å². The predicted octanol–water partition coefficient (Wildman–Crippen LogP) is 3.23. The minimum atomic E-state index is -0.619. The Morgan fingerprint density at radius 1 is 1.15 bits per heavy atom. The lowest BCUT2D eigenvalue weighted by Crippen LogP contribution is -2.53. The number of benzene rings is 2. The number of hydrogen-bond donors (Lipinski definition) is 3. The van der Waals surface area contributed by atoms with E-state index >= 15 is 0 Å². The number of carbonyl (C=O) groups excluding carboxylic acids is 3. The lowest BCUT2D eigenvalue weighted by atomic mass is 9.88. The molecule has 1 aliphatic rings. The first-order chi connectivity index (χ1) is 19.7. The summed E-state index contributed by atoms with van der Waals surface area (Å²) in [4.78, 5) is 48.1. The van der Waals surface area contributed by atoms with Crippen LogP contribution in [0, 0.1) is 5.82 Å². The molecular weight excluding hydrogens is 553 g/mol. The van der Waals surface area contributed by atoms with Gasteiger partial charge in [-0.1, -0.05) is 23.7 Å². The summed E-state index contributed by atoms with van der Waals surface area (Å²) < 4.78 is 15.7. The molecule has 2 aromatic heterocycles. The van der Waals surface area contributed by atoms with E-state index in [0.29, 0.717) is 35.1 Å². The molecule has 5 rings (SSSR count). The molecule has 212 valence electrons. The minimum Gasteiger partial charge on any atom is -0.393 e. The smallest absolute Gasteiger partial charge is 0.245 e. The molecule has 3 N–H and O–H groups in total. The highest BCUT2D eigenvalue weighted by molar-refractivity contribution is 6.30. The average molecular weight is 580 g/mol. The lowest BCUT2D eigenvalue weighted by molar-refractivity contribution is -0.143. The Labute approximate surface area is 239 Å². The van der Waals surface area contributed by atoms with E-state index in [9.17, 15) is 23.9 Å². The Bertz CT molecular complexity index is 1610. The fourth-order valence-corrected chi connectivity index (χ4v) is 4.90. The summed E-state index contributed by atoms with van der Waals surface area (Å²) in [5.41, 5.74) is 2.32. The topological polar surface area (TPSA) is 142 Å². The van der Waals surface area contributed by atoms with E-state index in [1.165, 1.54) is 35.0 Å². The van der Waals surface area contributed by atoms with Crippen molar-refractivity contribution < 1.29 is 23.9 Å². The third-order valence-corrected chi connectivity index (χ3v) is 7.18.